The van der Waals surface area contributed by atoms with E-state index in [1.165, 1.54) is 0 Å². The van der Waals surface area contributed by atoms with Gasteiger partial charge in [-0.3, -0.25) is 0 Å². The molecular formula is C22H32Br2O4Si. The fraction of sp³-hybridized carbons (Fsp3) is 0.455. The van der Waals surface area contributed by atoms with E-state index >= 15 is 0 Å². The van der Waals surface area contributed by atoms with E-state index in [0.717, 1.165) is 20.4 Å². The van der Waals surface area contributed by atoms with Crippen LogP contribution in [0.2, 0.25) is 18.1 Å². The monoisotopic (exact) mass is 546 g/mol. The van der Waals surface area contributed by atoms with Crippen LogP contribution in [0.4, 0.5) is 0 Å². The molecule has 7 heteroatoms. The second kappa shape index (κ2) is 12.7. The number of rotatable bonds is 8. The molecule has 0 aliphatic heterocycles. The maximum absolute atomic E-state index is 8.45. The number of aliphatic hydroxyl groups is 1. The summed E-state index contributed by atoms with van der Waals surface area (Å²) < 4.78 is 18.9. The summed E-state index contributed by atoms with van der Waals surface area (Å²) in [5.74, 6) is 1.67. The molecule has 0 saturated carbocycles. The number of aliphatic hydroxyl groups excluding tert-OH is 1. The molecule has 2 aromatic rings. The molecule has 0 aliphatic carbocycles. The summed E-state index contributed by atoms with van der Waals surface area (Å²) in [6.07, 6.45) is 0. The maximum Gasteiger partial charge on any atom is 0.192 e. The summed E-state index contributed by atoms with van der Waals surface area (Å²) in [5.41, 5.74) is 0. The van der Waals surface area contributed by atoms with Crippen molar-refractivity contribution >= 4 is 40.2 Å². The van der Waals surface area contributed by atoms with E-state index in [1.54, 1.807) is 0 Å². The van der Waals surface area contributed by atoms with Crippen molar-refractivity contribution in [3.63, 3.8) is 0 Å². The predicted octanol–water partition coefficient (Wildman–Crippen LogP) is 6.67. The zero-order valence-corrected chi connectivity index (χ0v) is 22.0. The molecule has 4 nitrogen and oxygen atoms in total. The van der Waals surface area contributed by atoms with Crippen LogP contribution in [-0.2, 0) is 4.43 Å². The molecule has 29 heavy (non-hydrogen) atoms. The third-order valence-electron chi connectivity index (χ3n) is 4.61. The highest BCUT2D eigenvalue weighted by Gasteiger charge is 2.36. The number of ether oxygens (including phenoxy) is 2. The standard InChI is InChI=1S/C14H23BrO2Si.C8H9BrO2/c1-14(2,3)18(4,5)17-11-10-16-13-8-6-12(15)7-9-13;9-7-1-3-8(4-2-7)11-6-5-10/h6-9H,10-11H2,1-5H3;1-4,10H,5-6H2. The smallest absolute Gasteiger partial charge is 0.192 e. The Balaban J connectivity index is 0.000000326. The van der Waals surface area contributed by atoms with Crippen molar-refractivity contribution in [1.82, 2.24) is 0 Å². The van der Waals surface area contributed by atoms with Gasteiger partial charge in [-0.1, -0.05) is 52.6 Å². The lowest BCUT2D eigenvalue weighted by molar-refractivity contribution is 0.201. The Bertz CT molecular complexity index is 698. The maximum atomic E-state index is 8.45. The van der Waals surface area contributed by atoms with Gasteiger partial charge in [0.15, 0.2) is 8.32 Å². The van der Waals surface area contributed by atoms with Gasteiger partial charge in [-0.2, -0.15) is 0 Å². The Morgan fingerprint density at radius 2 is 1.17 bits per heavy atom. The summed E-state index contributed by atoms with van der Waals surface area (Å²) >= 11 is 6.71. The summed E-state index contributed by atoms with van der Waals surface area (Å²) in [7, 11) is -1.64. The van der Waals surface area contributed by atoms with Crippen molar-refractivity contribution in [1.29, 1.82) is 0 Å². The van der Waals surface area contributed by atoms with E-state index in [4.69, 9.17) is 19.0 Å². The van der Waals surface area contributed by atoms with E-state index in [2.05, 4.69) is 65.7 Å². The van der Waals surface area contributed by atoms with Gasteiger partial charge in [-0.15, -0.1) is 0 Å². The Kier molecular flexibility index (Phi) is 11.5. The molecule has 2 aromatic carbocycles. The van der Waals surface area contributed by atoms with E-state index in [1.807, 2.05) is 48.5 Å². The minimum Gasteiger partial charge on any atom is -0.491 e. The fourth-order valence-electron chi connectivity index (χ4n) is 1.90. The average Bonchev–Trinajstić information content (AvgIpc) is 2.66. The van der Waals surface area contributed by atoms with Crippen LogP contribution < -0.4 is 9.47 Å². The highest BCUT2D eigenvalue weighted by atomic mass is 79.9. The third kappa shape index (κ3) is 10.6. The fourth-order valence-corrected chi connectivity index (χ4v) is 3.45. The Morgan fingerprint density at radius 3 is 1.55 bits per heavy atom. The van der Waals surface area contributed by atoms with E-state index in [0.29, 0.717) is 19.8 Å². The lowest BCUT2D eigenvalue weighted by Crippen LogP contribution is -2.41. The first-order chi connectivity index (χ1) is 13.5. The first-order valence-electron chi connectivity index (χ1n) is 9.57. The first kappa shape index (κ1) is 26.2. The molecule has 0 spiro atoms. The van der Waals surface area contributed by atoms with E-state index < -0.39 is 8.32 Å². The molecular weight excluding hydrogens is 516 g/mol. The molecule has 2 rings (SSSR count). The summed E-state index contributed by atoms with van der Waals surface area (Å²) in [6.45, 7) is 12.9. The Morgan fingerprint density at radius 1 is 0.759 bits per heavy atom. The van der Waals surface area contributed by atoms with Gasteiger partial charge in [0.25, 0.3) is 0 Å². The summed E-state index contributed by atoms with van der Waals surface area (Å²) in [5, 5.41) is 8.70. The van der Waals surface area contributed by atoms with Crippen molar-refractivity contribution in [2.75, 3.05) is 26.4 Å². The highest BCUT2D eigenvalue weighted by molar-refractivity contribution is 9.10. The van der Waals surface area contributed by atoms with Crippen molar-refractivity contribution in [3.05, 3.63) is 57.5 Å². The lowest BCUT2D eigenvalue weighted by Gasteiger charge is -2.36. The minimum atomic E-state index is -1.64. The van der Waals surface area contributed by atoms with Gasteiger partial charge in [0.1, 0.15) is 24.7 Å². The van der Waals surface area contributed by atoms with Crippen LogP contribution in [0.25, 0.3) is 0 Å². The van der Waals surface area contributed by atoms with E-state index in [9.17, 15) is 0 Å². The van der Waals surface area contributed by atoms with Crippen LogP contribution in [0.15, 0.2) is 57.5 Å². The molecule has 0 fully saturated rings. The molecule has 0 aromatic heterocycles. The second-order valence-electron chi connectivity index (χ2n) is 7.94. The third-order valence-corrected chi connectivity index (χ3v) is 10.2. The minimum absolute atomic E-state index is 0.0517. The molecule has 1 N–H and O–H groups in total. The quantitative estimate of drug-likeness (QED) is 0.296. The predicted molar refractivity (Wildman–Crippen MR) is 130 cm³/mol. The SMILES string of the molecule is CC(C)(C)[Si](C)(C)OCCOc1ccc(Br)cc1.OCCOc1ccc(Br)cc1. The van der Waals surface area contributed by atoms with Crippen LogP contribution in [0.3, 0.4) is 0 Å². The average molecular weight is 548 g/mol. The van der Waals surface area contributed by atoms with Gasteiger partial charge in [-0.25, -0.2) is 0 Å². The topological polar surface area (TPSA) is 47.9 Å². The molecule has 0 saturated heterocycles. The molecule has 0 bridgehead atoms. The first-order valence-corrected chi connectivity index (χ1v) is 14.1. The van der Waals surface area contributed by atoms with Crippen LogP contribution >= 0.6 is 31.9 Å². The van der Waals surface area contributed by atoms with E-state index in [-0.39, 0.29) is 11.6 Å². The largest absolute Gasteiger partial charge is 0.491 e. The summed E-state index contributed by atoms with van der Waals surface area (Å²) in [4.78, 5) is 0. The van der Waals surface area contributed by atoms with Gasteiger partial charge in [-0.05, 0) is 66.7 Å². The number of hydrogen-bond acceptors (Lipinski definition) is 4. The van der Waals surface area contributed by atoms with Gasteiger partial charge in [0.2, 0.25) is 0 Å². The van der Waals surface area contributed by atoms with Crippen LogP contribution in [-0.4, -0.2) is 39.9 Å². The molecule has 0 radical (unpaired) electrons. The lowest BCUT2D eigenvalue weighted by atomic mass is 10.2. The molecule has 0 aliphatic rings. The number of halogens is 2. The number of benzene rings is 2. The molecule has 0 atom stereocenters. The molecule has 0 amide bonds. The molecule has 162 valence electrons. The van der Waals surface area contributed by atoms with Gasteiger partial charge in [0, 0.05) is 8.95 Å². The van der Waals surface area contributed by atoms with Gasteiger partial charge < -0.3 is 19.0 Å². The van der Waals surface area contributed by atoms with Gasteiger partial charge >= 0.3 is 0 Å². The summed E-state index contributed by atoms with van der Waals surface area (Å²) in [6, 6.07) is 15.3. The molecule has 0 unspecified atom stereocenters. The normalized spacial score (nSPS) is 11.4. The highest BCUT2D eigenvalue weighted by Crippen LogP contribution is 2.36. The Labute approximate surface area is 193 Å². The number of hydrogen-bond donors (Lipinski definition) is 1. The van der Waals surface area contributed by atoms with Crippen molar-refractivity contribution in [2.45, 2.75) is 38.9 Å². The van der Waals surface area contributed by atoms with Crippen LogP contribution in [0, 0.1) is 0 Å². The second-order valence-corrected chi connectivity index (χ2v) is 14.6. The van der Waals surface area contributed by atoms with Crippen molar-refractivity contribution in [2.24, 2.45) is 0 Å². The zero-order chi connectivity index (χ0) is 21.9. The van der Waals surface area contributed by atoms with Gasteiger partial charge in [0.05, 0.1) is 13.2 Å². The zero-order valence-electron chi connectivity index (χ0n) is 17.9. The molecule has 0 heterocycles. The Hall–Kier alpha value is -0.863. The van der Waals surface area contributed by atoms with Crippen LogP contribution in [0.5, 0.6) is 11.5 Å². The van der Waals surface area contributed by atoms with Crippen molar-refractivity contribution < 1.29 is 19.0 Å². The van der Waals surface area contributed by atoms with Crippen molar-refractivity contribution in [3.8, 4) is 11.5 Å². The van der Waals surface area contributed by atoms with Crippen LogP contribution in [0.1, 0.15) is 20.8 Å².